The van der Waals surface area contributed by atoms with Crippen LogP contribution in [0.3, 0.4) is 0 Å². The average molecular weight is 381 g/mol. The zero-order chi connectivity index (χ0) is 19.3. The van der Waals surface area contributed by atoms with Crippen molar-refractivity contribution in [3.63, 3.8) is 0 Å². The van der Waals surface area contributed by atoms with Crippen molar-refractivity contribution in [2.75, 3.05) is 18.4 Å². The van der Waals surface area contributed by atoms with Crippen molar-refractivity contribution in [2.24, 2.45) is 5.73 Å². The number of ether oxygens (including phenoxy) is 1. The molecule has 0 unspecified atom stereocenters. The van der Waals surface area contributed by atoms with Crippen LogP contribution in [0.25, 0.3) is 0 Å². The summed E-state index contributed by atoms with van der Waals surface area (Å²) in [4.78, 5) is 21.9. The SMILES string of the molecule is CNC(=O)COc1ccc(S(=O)(=O)Nc2cccc(C(N)=O)c2)cc1F. The minimum atomic E-state index is -4.11. The number of sulfonamides is 1. The Bertz CT molecular complexity index is 947. The number of nitrogens with one attached hydrogen (secondary N) is 2. The van der Waals surface area contributed by atoms with Gasteiger partial charge in [0.05, 0.1) is 4.90 Å². The predicted molar refractivity (Wildman–Crippen MR) is 91.7 cm³/mol. The second kappa shape index (κ2) is 7.83. The summed E-state index contributed by atoms with van der Waals surface area (Å²) in [6.45, 7) is -0.405. The number of carbonyl (C=O) groups excluding carboxylic acids is 2. The fourth-order valence-corrected chi connectivity index (χ4v) is 2.99. The van der Waals surface area contributed by atoms with Gasteiger partial charge in [-0.25, -0.2) is 12.8 Å². The first-order valence-corrected chi connectivity index (χ1v) is 8.77. The Morgan fingerprint density at radius 1 is 1.19 bits per heavy atom. The number of likely N-dealkylation sites (N-methyl/N-ethyl adjacent to an activating group) is 1. The number of hydrogen-bond donors (Lipinski definition) is 3. The van der Waals surface area contributed by atoms with Gasteiger partial charge in [-0.2, -0.15) is 0 Å². The van der Waals surface area contributed by atoms with Gasteiger partial charge in [0.2, 0.25) is 5.91 Å². The van der Waals surface area contributed by atoms with Crippen molar-refractivity contribution >= 4 is 27.5 Å². The molecule has 0 aromatic heterocycles. The summed E-state index contributed by atoms with van der Waals surface area (Å²) < 4.78 is 45.9. The number of nitrogens with two attached hydrogens (primary N) is 1. The highest BCUT2D eigenvalue weighted by Crippen LogP contribution is 2.23. The minimum Gasteiger partial charge on any atom is -0.481 e. The highest BCUT2D eigenvalue weighted by molar-refractivity contribution is 7.92. The smallest absolute Gasteiger partial charge is 0.262 e. The molecule has 0 saturated carbocycles. The number of anilines is 1. The number of amides is 2. The topological polar surface area (TPSA) is 128 Å². The minimum absolute atomic E-state index is 0.0988. The molecule has 138 valence electrons. The van der Waals surface area contributed by atoms with Crippen LogP contribution < -0.4 is 20.5 Å². The summed E-state index contributed by atoms with van der Waals surface area (Å²) in [6.07, 6.45) is 0. The van der Waals surface area contributed by atoms with Crippen LogP contribution in [0.2, 0.25) is 0 Å². The highest BCUT2D eigenvalue weighted by Gasteiger charge is 2.18. The van der Waals surface area contributed by atoms with E-state index < -0.39 is 34.3 Å². The van der Waals surface area contributed by atoms with Crippen LogP contribution in [0.4, 0.5) is 10.1 Å². The van der Waals surface area contributed by atoms with Gasteiger partial charge in [0, 0.05) is 18.3 Å². The van der Waals surface area contributed by atoms with E-state index in [2.05, 4.69) is 10.0 Å². The van der Waals surface area contributed by atoms with Gasteiger partial charge in [-0.15, -0.1) is 0 Å². The first-order valence-electron chi connectivity index (χ1n) is 7.28. The number of hydrogen-bond acceptors (Lipinski definition) is 5. The van der Waals surface area contributed by atoms with E-state index in [1.165, 1.54) is 31.3 Å². The Morgan fingerprint density at radius 2 is 1.92 bits per heavy atom. The molecule has 0 fully saturated rings. The van der Waals surface area contributed by atoms with Gasteiger partial charge in [-0.05, 0) is 36.4 Å². The largest absolute Gasteiger partial charge is 0.481 e. The molecule has 26 heavy (non-hydrogen) atoms. The summed E-state index contributed by atoms with van der Waals surface area (Å²) in [5, 5.41) is 2.30. The third-order valence-corrected chi connectivity index (χ3v) is 4.63. The maximum atomic E-state index is 14.0. The summed E-state index contributed by atoms with van der Waals surface area (Å²) in [7, 11) is -2.71. The summed E-state index contributed by atoms with van der Waals surface area (Å²) in [5.41, 5.74) is 5.36. The number of primary amides is 1. The third-order valence-electron chi connectivity index (χ3n) is 3.25. The lowest BCUT2D eigenvalue weighted by atomic mass is 10.2. The Balaban J connectivity index is 2.21. The molecule has 8 nitrogen and oxygen atoms in total. The highest BCUT2D eigenvalue weighted by atomic mass is 32.2. The first kappa shape index (κ1) is 19.2. The second-order valence-electron chi connectivity index (χ2n) is 5.10. The Morgan fingerprint density at radius 3 is 2.54 bits per heavy atom. The van der Waals surface area contributed by atoms with E-state index in [1.54, 1.807) is 0 Å². The Labute approximate surface area is 149 Å². The third kappa shape index (κ3) is 4.70. The monoisotopic (exact) mass is 381 g/mol. The molecule has 2 rings (SSSR count). The molecule has 0 bridgehead atoms. The van der Waals surface area contributed by atoms with E-state index in [0.717, 1.165) is 18.2 Å². The van der Waals surface area contributed by atoms with Crippen molar-refractivity contribution in [1.29, 1.82) is 0 Å². The normalized spacial score (nSPS) is 10.8. The second-order valence-corrected chi connectivity index (χ2v) is 6.79. The van der Waals surface area contributed by atoms with Gasteiger partial charge in [-0.3, -0.25) is 14.3 Å². The quantitative estimate of drug-likeness (QED) is 0.655. The van der Waals surface area contributed by atoms with Crippen LogP contribution in [-0.4, -0.2) is 33.9 Å². The van der Waals surface area contributed by atoms with Gasteiger partial charge in [0.25, 0.3) is 15.9 Å². The molecule has 2 aromatic rings. The van der Waals surface area contributed by atoms with Crippen LogP contribution >= 0.6 is 0 Å². The lowest BCUT2D eigenvalue weighted by Crippen LogP contribution is -2.25. The zero-order valence-electron chi connectivity index (χ0n) is 13.7. The van der Waals surface area contributed by atoms with Crippen LogP contribution in [0.5, 0.6) is 5.75 Å². The van der Waals surface area contributed by atoms with Gasteiger partial charge in [0.1, 0.15) is 0 Å². The number of benzene rings is 2. The van der Waals surface area contributed by atoms with E-state index in [9.17, 15) is 22.4 Å². The molecule has 0 atom stereocenters. The molecule has 0 saturated heterocycles. The zero-order valence-corrected chi connectivity index (χ0v) is 14.5. The van der Waals surface area contributed by atoms with Gasteiger partial charge >= 0.3 is 0 Å². The van der Waals surface area contributed by atoms with E-state index in [4.69, 9.17) is 10.5 Å². The molecule has 4 N–H and O–H groups in total. The summed E-state index contributed by atoms with van der Waals surface area (Å²) in [5.74, 6) is -2.38. The molecule has 2 amide bonds. The maximum absolute atomic E-state index is 14.0. The van der Waals surface area contributed by atoms with Crippen LogP contribution in [0.15, 0.2) is 47.4 Å². The molecule has 10 heteroatoms. The van der Waals surface area contributed by atoms with Crippen molar-refractivity contribution in [3.8, 4) is 5.75 Å². The lowest BCUT2D eigenvalue weighted by molar-refractivity contribution is -0.122. The fraction of sp³-hybridized carbons (Fsp3) is 0.125. The molecule has 0 aliphatic carbocycles. The predicted octanol–water partition coefficient (Wildman–Crippen LogP) is 0.850. The van der Waals surface area contributed by atoms with Crippen LogP contribution in [0, 0.1) is 5.82 Å². The molecular formula is C16H16FN3O5S. The van der Waals surface area contributed by atoms with Crippen molar-refractivity contribution < 1.29 is 27.1 Å². The molecule has 0 radical (unpaired) electrons. The molecule has 0 aliphatic heterocycles. The first-order chi connectivity index (χ1) is 12.2. The molecular weight excluding hydrogens is 365 g/mol. The number of rotatable bonds is 7. The van der Waals surface area contributed by atoms with Crippen molar-refractivity contribution in [2.45, 2.75) is 4.90 Å². The van der Waals surface area contributed by atoms with E-state index >= 15 is 0 Å². The lowest BCUT2D eigenvalue weighted by Gasteiger charge is -2.11. The van der Waals surface area contributed by atoms with E-state index in [0.29, 0.717) is 0 Å². The molecule has 2 aromatic carbocycles. The molecule has 0 aliphatic rings. The Hall–Kier alpha value is -3.14. The average Bonchev–Trinajstić information content (AvgIpc) is 2.60. The van der Waals surface area contributed by atoms with E-state index in [-0.39, 0.29) is 21.9 Å². The van der Waals surface area contributed by atoms with Gasteiger partial charge in [-0.1, -0.05) is 6.07 Å². The van der Waals surface area contributed by atoms with Gasteiger partial charge in [0.15, 0.2) is 18.2 Å². The van der Waals surface area contributed by atoms with Crippen LogP contribution in [-0.2, 0) is 14.8 Å². The van der Waals surface area contributed by atoms with Crippen LogP contribution in [0.1, 0.15) is 10.4 Å². The molecule has 0 heterocycles. The maximum Gasteiger partial charge on any atom is 0.262 e. The Kier molecular flexibility index (Phi) is 5.78. The van der Waals surface area contributed by atoms with Crippen molar-refractivity contribution in [3.05, 3.63) is 53.8 Å². The van der Waals surface area contributed by atoms with E-state index in [1.807, 2.05) is 0 Å². The fourth-order valence-electron chi connectivity index (χ4n) is 1.93. The number of halogens is 1. The standard InChI is InChI=1S/C16H16FN3O5S/c1-19-15(21)9-25-14-6-5-12(8-13(14)17)26(23,24)20-11-4-2-3-10(7-11)16(18)22/h2-8,20H,9H2,1H3,(H2,18,22)(H,19,21). The van der Waals surface area contributed by atoms with Crippen molar-refractivity contribution in [1.82, 2.24) is 5.32 Å². The summed E-state index contributed by atoms with van der Waals surface area (Å²) in [6, 6.07) is 8.56. The van der Waals surface area contributed by atoms with Gasteiger partial charge < -0.3 is 15.8 Å². The number of carbonyl (C=O) groups is 2. The molecule has 0 spiro atoms. The summed E-state index contributed by atoms with van der Waals surface area (Å²) >= 11 is 0.